The lowest BCUT2D eigenvalue weighted by atomic mass is 10.1. The fraction of sp³-hybridized carbons (Fsp3) is 0.364. The average molecular weight is 418 g/mol. The lowest BCUT2D eigenvalue weighted by Gasteiger charge is -2.25. The number of ether oxygens (including phenoxy) is 1. The molecule has 2 aromatic rings. The maximum Gasteiger partial charge on any atom is 0.251 e. The number of halogens is 1. The number of methoxy groups -OCH3 is 1. The van der Waals surface area contributed by atoms with E-state index in [4.69, 9.17) is 16.3 Å². The Labute approximate surface area is 177 Å². The zero-order valence-electron chi connectivity index (χ0n) is 17.1. The number of likely N-dealkylation sites (N-methyl/N-ethyl adjacent to an activating group) is 1. The first-order valence-corrected chi connectivity index (χ1v) is 9.89. The number of carbonyl (C=O) groups excluding carboxylic acids is 2. The molecule has 0 radical (unpaired) electrons. The number of hydrogen-bond donors (Lipinski definition) is 2. The summed E-state index contributed by atoms with van der Waals surface area (Å²) < 4.78 is 5.29. The van der Waals surface area contributed by atoms with E-state index in [-0.39, 0.29) is 17.9 Å². The number of nitrogens with one attached hydrogen (secondary N) is 2. The standard InChI is InChI=1S/C22H28ClN3O3/c1-26(2)20(17-6-4-7-19(14-17)29-3)15-25-21(27)8-5-13-24-22(28)16-9-11-18(23)12-10-16/h4,6-7,9-12,14,20H,5,8,13,15H2,1-3H3,(H,24,28)(H,25,27). The molecule has 2 aromatic carbocycles. The Kier molecular flexibility index (Phi) is 8.96. The van der Waals surface area contributed by atoms with Gasteiger partial charge in [0.1, 0.15) is 5.75 Å². The second kappa shape index (κ2) is 11.4. The fourth-order valence-electron chi connectivity index (χ4n) is 2.90. The molecule has 2 rings (SSSR count). The Morgan fingerprint density at radius 2 is 1.83 bits per heavy atom. The summed E-state index contributed by atoms with van der Waals surface area (Å²) in [4.78, 5) is 26.3. The van der Waals surface area contributed by atoms with E-state index in [1.807, 2.05) is 38.4 Å². The van der Waals surface area contributed by atoms with Crippen LogP contribution in [0.25, 0.3) is 0 Å². The molecule has 6 nitrogen and oxygen atoms in total. The second-order valence-corrected chi connectivity index (χ2v) is 7.36. The van der Waals surface area contributed by atoms with E-state index >= 15 is 0 Å². The summed E-state index contributed by atoms with van der Waals surface area (Å²) in [6, 6.07) is 14.6. The highest BCUT2D eigenvalue weighted by molar-refractivity contribution is 6.30. The summed E-state index contributed by atoms with van der Waals surface area (Å²) in [7, 11) is 5.59. The van der Waals surface area contributed by atoms with E-state index in [0.717, 1.165) is 11.3 Å². The molecule has 0 heterocycles. The van der Waals surface area contributed by atoms with Gasteiger partial charge in [0.2, 0.25) is 5.91 Å². The molecule has 0 aliphatic heterocycles. The molecule has 0 aromatic heterocycles. The molecular weight excluding hydrogens is 390 g/mol. The van der Waals surface area contributed by atoms with Gasteiger partial charge < -0.3 is 20.3 Å². The van der Waals surface area contributed by atoms with Crippen molar-refractivity contribution in [2.45, 2.75) is 18.9 Å². The summed E-state index contributed by atoms with van der Waals surface area (Å²) in [5, 5.41) is 6.37. The predicted octanol–water partition coefficient (Wildman–Crippen LogP) is 3.28. The number of amides is 2. The summed E-state index contributed by atoms with van der Waals surface area (Å²) in [6.45, 7) is 0.929. The van der Waals surface area contributed by atoms with Crippen LogP contribution in [0.3, 0.4) is 0 Å². The van der Waals surface area contributed by atoms with Gasteiger partial charge in [-0.25, -0.2) is 0 Å². The minimum atomic E-state index is -0.173. The van der Waals surface area contributed by atoms with Crippen molar-refractivity contribution in [1.29, 1.82) is 0 Å². The topological polar surface area (TPSA) is 70.7 Å². The van der Waals surface area contributed by atoms with Crippen LogP contribution in [0.5, 0.6) is 5.75 Å². The van der Waals surface area contributed by atoms with Crippen molar-refractivity contribution in [2.24, 2.45) is 0 Å². The van der Waals surface area contributed by atoms with Crippen molar-refractivity contribution in [2.75, 3.05) is 34.3 Å². The Morgan fingerprint density at radius 1 is 1.10 bits per heavy atom. The van der Waals surface area contributed by atoms with Gasteiger partial charge in [-0.1, -0.05) is 23.7 Å². The molecule has 2 amide bonds. The zero-order valence-corrected chi connectivity index (χ0v) is 17.8. The minimum Gasteiger partial charge on any atom is -0.497 e. The highest BCUT2D eigenvalue weighted by atomic mass is 35.5. The Balaban J connectivity index is 1.74. The van der Waals surface area contributed by atoms with Crippen LogP contribution in [-0.4, -0.2) is 51.0 Å². The molecule has 0 aliphatic carbocycles. The molecule has 29 heavy (non-hydrogen) atoms. The third-order valence-electron chi connectivity index (χ3n) is 4.57. The monoisotopic (exact) mass is 417 g/mol. The Bertz CT molecular complexity index is 809. The van der Waals surface area contributed by atoms with Crippen molar-refractivity contribution in [3.05, 3.63) is 64.7 Å². The summed E-state index contributed by atoms with van der Waals surface area (Å²) >= 11 is 5.82. The zero-order chi connectivity index (χ0) is 21.2. The van der Waals surface area contributed by atoms with Crippen LogP contribution in [0.4, 0.5) is 0 Å². The van der Waals surface area contributed by atoms with Gasteiger partial charge >= 0.3 is 0 Å². The van der Waals surface area contributed by atoms with E-state index in [0.29, 0.717) is 36.5 Å². The summed E-state index contributed by atoms with van der Waals surface area (Å²) in [5.41, 5.74) is 1.62. The molecule has 0 saturated carbocycles. The first-order chi connectivity index (χ1) is 13.9. The molecule has 156 valence electrons. The third-order valence-corrected chi connectivity index (χ3v) is 4.82. The number of nitrogens with zero attached hydrogens (tertiary/aromatic N) is 1. The molecule has 1 atom stereocenters. The summed E-state index contributed by atoms with van der Waals surface area (Å²) in [5.74, 6) is 0.574. The molecule has 1 unspecified atom stereocenters. The largest absolute Gasteiger partial charge is 0.497 e. The van der Waals surface area contributed by atoms with Crippen LogP contribution < -0.4 is 15.4 Å². The van der Waals surface area contributed by atoms with Crippen molar-refractivity contribution >= 4 is 23.4 Å². The Morgan fingerprint density at radius 3 is 2.48 bits per heavy atom. The SMILES string of the molecule is COc1cccc(C(CNC(=O)CCCNC(=O)c2ccc(Cl)cc2)N(C)C)c1. The van der Waals surface area contributed by atoms with Gasteiger partial charge in [-0.15, -0.1) is 0 Å². The van der Waals surface area contributed by atoms with Crippen LogP contribution >= 0.6 is 11.6 Å². The average Bonchev–Trinajstić information content (AvgIpc) is 2.71. The van der Waals surface area contributed by atoms with Gasteiger partial charge in [0.25, 0.3) is 5.91 Å². The second-order valence-electron chi connectivity index (χ2n) is 6.93. The van der Waals surface area contributed by atoms with Gasteiger partial charge in [-0.05, 0) is 62.5 Å². The molecule has 0 aliphatic rings. The van der Waals surface area contributed by atoms with Gasteiger partial charge in [0, 0.05) is 30.1 Å². The van der Waals surface area contributed by atoms with E-state index in [2.05, 4.69) is 15.5 Å². The number of hydrogen-bond acceptors (Lipinski definition) is 4. The van der Waals surface area contributed by atoms with E-state index in [9.17, 15) is 9.59 Å². The number of rotatable bonds is 10. The lowest BCUT2D eigenvalue weighted by molar-refractivity contribution is -0.121. The highest BCUT2D eigenvalue weighted by Crippen LogP contribution is 2.22. The van der Waals surface area contributed by atoms with Crippen LogP contribution in [0.1, 0.15) is 34.8 Å². The van der Waals surface area contributed by atoms with Crippen LogP contribution in [-0.2, 0) is 4.79 Å². The smallest absolute Gasteiger partial charge is 0.251 e. The maximum atomic E-state index is 12.2. The number of carbonyl (C=O) groups is 2. The van der Waals surface area contributed by atoms with Crippen LogP contribution in [0.2, 0.25) is 5.02 Å². The van der Waals surface area contributed by atoms with Crippen molar-refractivity contribution in [3.63, 3.8) is 0 Å². The molecule has 0 spiro atoms. The highest BCUT2D eigenvalue weighted by Gasteiger charge is 2.16. The van der Waals surface area contributed by atoms with E-state index < -0.39 is 0 Å². The quantitative estimate of drug-likeness (QED) is 0.582. The molecule has 7 heteroatoms. The first-order valence-electron chi connectivity index (χ1n) is 9.51. The van der Waals surface area contributed by atoms with Gasteiger partial charge in [-0.2, -0.15) is 0 Å². The number of benzene rings is 2. The molecule has 0 bridgehead atoms. The van der Waals surface area contributed by atoms with E-state index in [1.165, 1.54) is 0 Å². The van der Waals surface area contributed by atoms with Crippen molar-refractivity contribution in [3.8, 4) is 5.75 Å². The van der Waals surface area contributed by atoms with Gasteiger partial charge in [0.15, 0.2) is 0 Å². The van der Waals surface area contributed by atoms with Gasteiger partial charge in [0.05, 0.1) is 13.2 Å². The first kappa shape index (κ1) is 22.7. The Hall–Kier alpha value is -2.57. The molecular formula is C22H28ClN3O3. The maximum absolute atomic E-state index is 12.2. The summed E-state index contributed by atoms with van der Waals surface area (Å²) in [6.07, 6.45) is 0.913. The van der Waals surface area contributed by atoms with Crippen LogP contribution in [0, 0.1) is 0 Å². The minimum absolute atomic E-state index is 0.0404. The third kappa shape index (κ3) is 7.40. The van der Waals surface area contributed by atoms with Crippen molar-refractivity contribution in [1.82, 2.24) is 15.5 Å². The van der Waals surface area contributed by atoms with Crippen molar-refractivity contribution < 1.29 is 14.3 Å². The normalized spacial score (nSPS) is 11.8. The molecule has 2 N–H and O–H groups in total. The van der Waals surface area contributed by atoms with E-state index in [1.54, 1.807) is 31.4 Å². The predicted molar refractivity (Wildman–Crippen MR) is 115 cm³/mol. The van der Waals surface area contributed by atoms with Crippen LogP contribution in [0.15, 0.2) is 48.5 Å². The van der Waals surface area contributed by atoms with Gasteiger partial charge in [-0.3, -0.25) is 9.59 Å². The fourth-order valence-corrected chi connectivity index (χ4v) is 3.03. The molecule has 0 fully saturated rings. The lowest BCUT2D eigenvalue weighted by Crippen LogP contribution is -2.35. The molecule has 0 saturated heterocycles.